The van der Waals surface area contributed by atoms with E-state index in [0.717, 1.165) is 26.1 Å². The van der Waals surface area contributed by atoms with Crippen molar-refractivity contribution in [2.45, 2.75) is 25.5 Å². The number of rotatable bonds is 3. The van der Waals surface area contributed by atoms with E-state index < -0.39 is 0 Å². The third-order valence-corrected chi connectivity index (χ3v) is 2.99. The molecule has 2 rings (SSSR count). The molecule has 16 heavy (non-hydrogen) atoms. The van der Waals surface area contributed by atoms with Crippen LogP contribution in [0.15, 0.2) is 24.3 Å². The Morgan fingerprint density at radius 2 is 2.44 bits per heavy atom. The maximum atomic E-state index is 6.19. The normalized spacial score (nSPS) is 23.0. The Morgan fingerprint density at radius 3 is 3.12 bits per heavy atom. The van der Waals surface area contributed by atoms with Crippen molar-refractivity contribution < 1.29 is 4.74 Å². The van der Waals surface area contributed by atoms with Gasteiger partial charge in [-0.25, -0.2) is 0 Å². The summed E-state index contributed by atoms with van der Waals surface area (Å²) in [7, 11) is 0. The van der Waals surface area contributed by atoms with E-state index in [1.165, 1.54) is 11.1 Å². The van der Waals surface area contributed by atoms with E-state index in [4.69, 9.17) is 10.5 Å². The van der Waals surface area contributed by atoms with Crippen LogP contribution in [0.4, 0.5) is 0 Å². The number of nitrogens with two attached hydrogens (primary N) is 1. The molecule has 3 heteroatoms. The summed E-state index contributed by atoms with van der Waals surface area (Å²) in [6, 6.07) is 8.47. The molecule has 0 saturated carbocycles. The van der Waals surface area contributed by atoms with Gasteiger partial charge in [-0.1, -0.05) is 29.8 Å². The van der Waals surface area contributed by atoms with E-state index in [-0.39, 0.29) is 12.1 Å². The molecule has 1 aliphatic rings. The van der Waals surface area contributed by atoms with Crippen LogP contribution in [-0.2, 0) is 4.74 Å². The van der Waals surface area contributed by atoms with Crippen LogP contribution < -0.4 is 11.1 Å². The minimum absolute atomic E-state index is 0.0739. The van der Waals surface area contributed by atoms with E-state index in [1.807, 2.05) is 0 Å². The maximum absolute atomic E-state index is 6.19. The summed E-state index contributed by atoms with van der Waals surface area (Å²) < 4.78 is 5.66. The third-order valence-electron chi connectivity index (χ3n) is 2.99. The number of hydrogen-bond donors (Lipinski definition) is 2. The average molecular weight is 220 g/mol. The molecular weight excluding hydrogens is 200 g/mol. The zero-order valence-electron chi connectivity index (χ0n) is 9.78. The highest BCUT2D eigenvalue weighted by molar-refractivity contribution is 5.24. The summed E-state index contributed by atoms with van der Waals surface area (Å²) in [5.41, 5.74) is 8.65. The van der Waals surface area contributed by atoms with Crippen molar-refractivity contribution in [3.63, 3.8) is 0 Å². The summed E-state index contributed by atoms with van der Waals surface area (Å²) in [5.74, 6) is 0. The van der Waals surface area contributed by atoms with E-state index in [1.54, 1.807) is 0 Å². The molecule has 88 valence electrons. The van der Waals surface area contributed by atoms with E-state index in [9.17, 15) is 0 Å². The van der Waals surface area contributed by atoms with E-state index in [2.05, 4.69) is 36.5 Å². The summed E-state index contributed by atoms with van der Waals surface area (Å²) in [4.78, 5) is 0. The second-order valence-electron chi connectivity index (χ2n) is 4.45. The highest BCUT2D eigenvalue weighted by Gasteiger charge is 2.17. The van der Waals surface area contributed by atoms with Crippen LogP contribution in [0.1, 0.15) is 23.6 Å². The first-order chi connectivity index (χ1) is 7.75. The molecule has 1 aliphatic heterocycles. The predicted octanol–water partition coefficient (Wildman–Crippen LogP) is 1.37. The summed E-state index contributed by atoms with van der Waals surface area (Å²) in [6.07, 6.45) is 1.14. The molecular formula is C13H20N2O. The molecule has 0 amide bonds. The predicted molar refractivity (Wildman–Crippen MR) is 65.3 cm³/mol. The topological polar surface area (TPSA) is 47.3 Å². The van der Waals surface area contributed by atoms with E-state index in [0.29, 0.717) is 0 Å². The van der Waals surface area contributed by atoms with Crippen LogP contribution in [0.25, 0.3) is 0 Å². The standard InChI is InChI=1S/C13H20N2O/c1-10-3-2-4-11(7-10)13(14)8-12-9-15-5-6-16-12/h2-4,7,12-13,15H,5-6,8-9,14H2,1H3. The Hall–Kier alpha value is -0.900. The Balaban J connectivity index is 1.94. The molecule has 3 nitrogen and oxygen atoms in total. The fraction of sp³-hybridized carbons (Fsp3) is 0.538. The number of aryl methyl sites for hydroxylation is 1. The van der Waals surface area contributed by atoms with Crippen LogP contribution >= 0.6 is 0 Å². The molecule has 1 heterocycles. The van der Waals surface area contributed by atoms with Crippen LogP contribution in [0.2, 0.25) is 0 Å². The van der Waals surface area contributed by atoms with Gasteiger partial charge in [0.05, 0.1) is 12.7 Å². The molecule has 1 saturated heterocycles. The fourth-order valence-electron chi connectivity index (χ4n) is 2.09. The van der Waals surface area contributed by atoms with Crippen molar-refractivity contribution in [2.24, 2.45) is 5.73 Å². The zero-order valence-corrected chi connectivity index (χ0v) is 9.78. The smallest absolute Gasteiger partial charge is 0.0718 e. The van der Waals surface area contributed by atoms with Gasteiger partial charge in [0, 0.05) is 19.1 Å². The molecule has 0 aromatic heterocycles. The van der Waals surface area contributed by atoms with Crippen molar-refractivity contribution in [1.29, 1.82) is 0 Å². The zero-order chi connectivity index (χ0) is 11.4. The minimum Gasteiger partial charge on any atom is -0.376 e. The van der Waals surface area contributed by atoms with Gasteiger partial charge < -0.3 is 15.8 Å². The van der Waals surface area contributed by atoms with Gasteiger partial charge in [0.25, 0.3) is 0 Å². The molecule has 1 fully saturated rings. The Labute approximate surface area is 97.0 Å². The highest BCUT2D eigenvalue weighted by atomic mass is 16.5. The summed E-state index contributed by atoms with van der Waals surface area (Å²) >= 11 is 0. The summed E-state index contributed by atoms with van der Waals surface area (Å²) in [5, 5.41) is 3.32. The first-order valence-corrected chi connectivity index (χ1v) is 5.90. The van der Waals surface area contributed by atoms with Gasteiger partial charge in [0.1, 0.15) is 0 Å². The number of ether oxygens (including phenoxy) is 1. The lowest BCUT2D eigenvalue weighted by Gasteiger charge is -2.26. The molecule has 1 aromatic carbocycles. The average Bonchev–Trinajstić information content (AvgIpc) is 2.30. The lowest BCUT2D eigenvalue weighted by Crippen LogP contribution is -2.40. The number of hydrogen-bond acceptors (Lipinski definition) is 3. The van der Waals surface area contributed by atoms with Crippen molar-refractivity contribution >= 4 is 0 Å². The second kappa shape index (κ2) is 5.43. The van der Waals surface area contributed by atoms with Gasteiger partial charge in [-0.05, 0) is 18.9 Å². The molecule has 0 spiro atoms. The maximum Gasteiger partial charge on any atom is 0.0718 e. The van der Waals surface area contributed by atoms with Gasteiger partial charge in [0.15, 0.2) is 0 Å². The first-order valence-electron chi connectivity index (χ1n) is 5.90. The van der Waals surface area contributed by atoms with Crippen molar-refractivity contribution in [1.82, 2.24) is 5.32 Å². The molecule has 2 unspecified atom stereocenters. The molecule has 1 aromatic rings. The molecule has 0 aliphatic carbocycles. The van der Waals surface area contributed by atoms with Gasteiger partial charge in [-0.3, -0.25) is 0 Å². The van der Waals surface area contributed by atoms with Crippen molar-refractivity contribution in [2.75, 3.05) is 19.7 Å². The van der Waals surface area contributed by atoms with Gasteiger partial charge in [0.2, 0.25) is 0 Å². The monoisotopic (exact) mass is 220 g/mol. The molecule has 0 bridgehead atoms. The Kier molecular flexibility index (Phi) is 3.93. The number of nitrogens with one attached hydrogen (secondary N) is 1. The molecule has 0 radical (unpaired) electrons. The fourth-order valence-corrected chi connectivity index (χ4v) is 2.09. The number of benzene rings is 1. The molecule has 3 N–H and O–H groups in total. The third kappa shape index (κ3) is 3.04. The van der Waals surface area contributed by atoms with Crippen LogP contribution in [0, 0.1) is 6.92 Å². The lowest BCUT2D eigenvalue weighted by molar-refractivity contribution is 0.0195. The quantitative estimate of drug-likeness (QED) is 0.809. The Bertz CT molecular complexity index is 334. The van der Waals surface area contributed by atoms with Gasteiger partial charge in [-0.15, -0.1) is 0 Å². The first kappa shape index (κ1) is 11.6. The van der Waals surface area contributed by atoms with Crippen LogP contribution in [0.3, 0.4) is 0 Å². The SMILES string of the molecule is Cc1cccc(C(N)CC2CNCCO2)c1. The minimum atomic E-state index is 0.0739. The largest absolute Gasteiger partial charge is 0.376 e. The van der Waals surface area contributed by atoms with Crippen molar-refractivity contribution in [3.05, 3.63) is 35.4 Å². The van der Waals surface area contributed by atoms with Crippen LogP contribution in [0.5, 0.6) is 0 Å². The highest BCUT2D eigenvalue weighted by Crippen LogP contribution is 2.18. The molecule has 2 atom stereocenters. The van der Waals surface area contributed by atoms with Crippen molar-refractivity contribution in [3.8, 4) is 0 Å². The number of morpholine rings is 1. The van der Waals surface area contributed by atoms with E-state index >= 15 is 0 Å². The van der Waals surface area contributed by atoms with Gasteiger partial charge in [-0.2, -0.15) is 0 Å². The lowest BCUT2D eigenvalue weighted by atomic mass is 9.99. The van der Waals surface area contributed by atoms with Crippen LogP contribution in [-0.4, -0.2) is 25.8 Å². The second-order valence-corrected chi connectivity index (χ2v) is 4.45. The Morgan fingerprint density at radius 1 is 1.56 bits per heavy atom. The summed E-state index contributed by atoms with van der Waals surface area (Å²) in [6.45, 7) is 4.76. The van der Waals surface area contributed by atoms with Gasteiger partial charge >= 0.3 is 0 Å².